The smallest absolute Gasteiger partial charge is 0.310 e. The van der Waals surface area contributed by atoms with Crippen LogP contribution in [0.4, 0.5) is 0 Å². The second kappa shape index (κ2) is 8.42. The van der Waals surface area contributed by atoms with E-state index in [1.54, 1.807) is 30.5 Å². The normalized spacial score (nSPS) is 12.1. The number of fused-ring (bicyclic) bond motifs is 1. The van der Waals surface area contributed by atoms with Crippen LogP contribution < -0.4 is 5.32 Å². The van der Waals surface area contributed by atoms with Crippen LogP contribution in [0.5, 0.6) is 0 Å². The number of carbonyl (C=O) groups is 2. The molecule has 0 spiro atoms. The van der Waals surface area contributed by atoms with Crippen molar-refractivity contribution in [3.05, 3.63) is 41.1 Å². The van der Waals surface area contributed by atoms with Crippen molar-refractivity contribution in [2.24, 2.45) is 0 Å². The fraction of sp³-hybridized carbons (Fsp3) is 0.389. The molecule has 0 saturated carbocycles. The zero-order valence-corrected chi connectivity index (χ0v) is 16.9. The zero-order chi connectivity index (χ0) is 20.3. The minimum atomic E-state index is -0.515. The van der Waals surface area contributed by atoms with Gasteiger partial charge in [-0.15, -0.1) is 5.10 Å². The zero-order valence-electron chi connectivity index (χ0n) is 16.1. The summed E-state index contributed by atoms with van der Waals surface area (Å²) in [5, 5.41) is 7.67. The molecule has 0 saturated heterocycles. The standard InChI is InChI=1S/C18H21N5O4S/c1-10-13(12(3)23-17(20-10)21-18(22-23)28-4)8-16(25)27-9-15(24)19-11(2)14-6-5-7-26-14/h5-7,11H,8-9H2,1-4H3,(H,19,24)/t11-/m0/s1. The molecule has 0 aliphatic heterocycles. The molecule has 0 bridgehead atoms. The second-order valence-corrected chi connectivity index (χ2v) is 6.99. The Bertz CT molecular complexity index is 999. The van der Waals surface area contributed by atoms with Crippen molar-refractivity contribution in [2.45, 2.75) is 38.4 Å². The minimum Gasteiger partial charge on any atom is -0.467 e. The van der Waals surface area contributed by atoms with Crippen molar-refractivity contribution < 1.29 is 18.7 Å². The number of nitrogens with one attached hydrogen (secondary N) is 1. The Balaban J connectivity index is 1.61. The molecule has 0 unspecified atom stereocenters. The van der Waals surface area contributed by atoms with Gasteiger partial charge in [0, 0.05) is 17.0 Å². The number of ether oxygens (including phenoxy) is 1. The van der Waals surface area contributed by atoms with Crippen molar-refractivity contribution in [2.75, 3.05) is 12.9 Å². The van der Waals surface area contributed by atoms with Crippen LogP contribution in [0.25, 0.3) is 5.78 Å². The Hall–Kier alpha value is -2.88. The van der Waals surface area contributed by atoms with Crippen LogP contribution in [-0.2, 0) is 20.7 Å². The maximum absolute atomic E-state index is 12.2. The van der Waals surface area contributed by atoms with Crippen LogP contribution >= 0.6 is 11.8 Å². The number of hydrogen-bond acceptors (Lipinski definition) is 8. The predicted octanol–water partition coefficient (Wildman–Crippen LogP) is 2.02. The van der Waals surface area contributed by atoms with E-state index in [1.165, 1.54) is 18.0 Å². The van der Waals surface area contributed by atoms with Crippen molar-refractivity contribution in [3.63, 3.8) is 0 Å². The number of nitrogens with zero attached hydrogens (tertiary/aromatic N) is 4. The molecule has 1 N–H and O–H groups in total. The van der Waals surface area contributed by atoms with Gasteiger partial charge in [-0.05, 0) is 39.2 Å². The molecule has 0 fully saturated rings. The van der Waals surface area contributed by atoms with Crippen LogP contribution in [0, 0.1) is 13.8 Å². The maximum Gasteiger partial charge on any atom is 0.310 e. The summed E-state index contributed by atoms with van der Waals surface area (Å²) < 4.78 is 12.0. The number of esters is 1. The summed E-state index contributed by atoms with van der Waals surface area (Å²) >= 11 is 1.42. The van der Waals surface area contributed by atoms with Gasteiger partial charge in [0.1, 0.15) is 5.76 Å². The van der Waals surface area contributed by atoms with E-state index in [0.29, 0.717) is 28.0 Å². The molecule has 0 aromatic carbocycles. The first-order valence-electron chi connectivity index (χ1n) is 8.64. The van der Waals surface area contributed by atoms with Crippen LogP contribution in [0.3, 0.4) is 0 Å². The third kappa shape index (κ3) is 4.33. The van der Waals surface area contributed by atoms with Crippen molar-refractivity contribution in [1.29, 1.82) is 0 Å². The molecule has 3 rings (SSSR count). The van der Waals surface area contributed by atoms with E-state index in [1.807, 2.05) is 13.2 Å². The number of aromatic nitrogens is 4. The van der Waals surface area contributed by atoms with Crippen molar-refractivity contribution in [3.8, 4) is 0 Å². The van der Waals surface area contributed by atoms with E-state index in [0.717, 1.165) is 5.69 Å². The van der Waals surface area contributed by atoms with Crippen LogP contribution in [0.1, 0.15) is 35.7 Å². The summed E-state index contributed by atoms with van der Waals surface area (Å²) in [6.07, 6.45) is 3.41. The highest BCUT2D eigenvalue weighted by Crippen LogP contribution is 2.17. The number of hydrogen-bond donors (Lipinski definition) is 1. The summed E-state index contributed by atoms with van der Waals surface area (Å²) in [6.45, 7) is 5.08. The van der Waals surface area contributed by atoms with Gasteiger partial charge in [0.15, 0.2) is 6.61 Å². The molecule has 1 atom stereocenters. The molecule has 0 aliphatic rings. The quantitative estimate of drug-likeness (QED) is 0.471. The Labute approximate surface area is 165 Å². The van der Waals surface area contributed by atoms with Gasteiger partial charge >= 0.3 is 5.97 Å². The summed E-state index contributed by atoms with van der Waals surface area (Å²) in [5.41, 5.74) is 2.15. The summed E-state index contributed by atoms with van der Waals surface area (Å²) in [5.74, 6) is 0.198. The monoisotopic (exact) mass is 403 g/mol. The van der Waals surface area contributed by atoms with E-state index in [-0.39, 0.29) is 19.1 Å². The average Bonchev–Trinajstić information content (AvgIpc) is 3.33. The minimum absolute atomic E-state index is 0.00388. The number of amides is 1. The Morgan fingerprint density at radius 3 is 2.82 bits per heavy atom. The summed E-state index contributed by atoms with van der Waals surface area (Å²) in [6, 6.07) is 3.19. The lowest BCUT2D eigenvalue weighted by Gasteiger charge is -2.12. The molecule has 3 aromatic rings. The average molecular weight is 403 g/mol. The van der Waals surface area contributed by atoms with Gasteiger partial charge in [-0.2, -0.15) is 4.98 Å². The molecule has 1 amide bonds. The van der Waals surface area contributed by atoms with Crippen LogP contribution in [0.2, 0.25) is 0 Å². The molecule has 10 heteroatoms. The van der Waals surface area contributed by atoms with Crippen LogP contribution in [0.15, 0.2) is 28.0 Å². The highest BCUT2D eigenvalue weighted by molar-refractivity contribution is 7.98. The van der Waals surface area contributed by atoms with Gasteiger partial charge in [-0.1, -0.05) is 11.8 Å². The Kier molecular flexibility index (Phi) is 5.98. The molecule has 0 radical (unpaired) electrons. The number of furan rings is 1. The lowest BCUT2D eigenvalue weighted by atomic mass is 10.1. The molecular formula is C18H21N5O4S. The first-order chi connectivity index (χ1) is 13.4. The van der Waals surface area contributed by atoms with Gasteiger partial charge in [0.2, 0.25) is 5.16 Å². The maximum atomic E-state index is 12.2. The van der Waals surface area contributed by atoms with Gasteiger partial charge in [0.25, 0.3) is 11.7 Å². The number of rotatable bonds is 7. The van der Waals surface area contributed by atoms with Gasteiger partial charge in [0.05, 0.1) is 18.7 Å². The van der Waals surface area contributed by atoms with Gasteiger partial charge in [-0.3, -0.25) is 9.59 Å². The third-order valence-electron chi connectivity index (χ3n) is 4.24. The number of thioether (sulfide) groups is 1. The first kappa shape index (κ1) is 19.9. The molecule has 28 heavy (non-hydrogen) atoms. The Morgan fingerprint density at radius 1 is 1.36 bits per heavy atom. The van der Waals surface area contributed by atoms with E-state index >= 15 is 0 Å². The first-order valence-corrected chi connectivity index (χ1v) is 9.86. The largest absolute Gasteiger partial charge is 0.467 e. The van der Waals surface area contributed by atoms with E-state index in [2.05, 4.69) is 20.4 Å². The summed E-state index contributed by atoms with van der Waals surface area (Å²) in [4.78, 5) is 32.9. The van der Waals surface area contributed by atoms with Crippen LogP contribution in [-0.4, -0.2) is 44.3 Å². The number of carbonyl (C=O) groups excluding carboxylic acids is 2. The number of aryl methyl sites for hydroxylation is 2. The van der Waals surface area contributed by atoms with Gasteiger partial charge in [-0.25, -0.2) is 9.50 Å². The van der Waals surface area contributed by atoms with Gasteiger partial charge < -0.3 is 14.5 Å². The molecule has 0 aliphatic carbocycles. The lowest BCUT2D eigenvalue weighted by Crippen LogP contribution is -2.31. The van der Waals surface area contributed by atoms with E-state index in [9.17, 15) is 9.59 Å². The summed E-state index contributed by atoms with van der Waals surface area (Å²) in [7, 11) is 0. The fourth-order valence-electron chi connectivity index (χ4n) is 2.77. The predicted molar refractivity (Wildman–Crippen MR) is 102 cm³/mol. The molecular weight excluding hydrogens is 382 g/mol. The molecule has 3 heterocycles. The molecule has 3 aromatic heterocycles. The van der Waals surface area contributed by atoms with Crippen molar-refractivity contribution >= 4 is 29.4 Å². The lowest BCUT2D eigenvalue weighted by molar-refractivity contribution is -0.148. The van der Waals surface area contributed by atoms with E-state index in [4.69, 9.17) is 9.15 Å². The van der Waals surface area contributed by atoms with E-state index < -0.39 is 11.9 Å². The third-order valence-corrected chi connectivity index (χ3v) is 4.78. The SMILES string of the molecule is CSc1nc2nc(C)c(CC(=O)OCC(=O)N[C@@H](C)c3ccco3)c(C)n2n1. The second-order valence-electron chi connectivity index (χ2n) is 6.21. The Morgan fingerprint density at radius 2 is 2.14 bits per heavy atom. The highest BCUT2D eigenvalue weighted by atomic mass is 32.2. The topological polar surface area (TPSA) is 112 Å². The fourth-order valence-corrected chi connectivity index (χ4v) is 3.10. The van der Waals surface area contributed by atoms with Crippen molar-refractivity contribution in [1.82, 2.24) is 24.9 Å². The highest BCUT2D eigenvalue weighted by Gasteiger charge is 2.18. The molecule has 148 valence electrons. The molecule has 9 nitrogen and oxygen atoms in total.